The standard InChI is InChI=1S/C18H22BrNO/c1-12(20)14-10-9-13(19)11-17(14)21-16-8-6-5-7-15(16)18(2,3)4/h5-12H,20H2,1-4H3. The maximum atomic E-state index is 6.20. The fraction of sp³-hybridized carbons (Fsp3) is 0.333. The summed E-state index contributed by atoms with van der Waals surface area (Å²) in [6, 6.07) is 14.0. The van der Waals surface area contributed by atoms with Crippen molar-refractivity contribution < 1.29 is 4.74 Å². The van der Waals surface area contributed by atoms with Gasteiger partial charge in [0, 0.05) is 21.6 Å². The second kappa shape index (κ2) is 6.20. The van der Waals surface area contributed by atoms with Gasteiger partial charge in [0.05, 0.1) is 0 Å². The molecule has 0 saturated heterocycles. The first-order valence-corrected chi connectivity index (χ1v) is 7.90. The zero-order chi connectivity index (χ0) is 15.6. The minimum atomic E-state index is -0.0742. The Morgan fingerprint density at radius 3 is 2.33 bits per heavy atom. The van der Waals surface area contributed by atoms with Gasteiger partial charge in [-0.05, 0) is 30.5 Å². The maximum absolute atomic E-state index is 6.20. The van der Waals surface area contributed by atoms with Crippen molar-refractivity contribution in [1.29, 1.82) is 0 Å². The monoisotopic (exact) mass is 347 g/mol. The van der Waals surface area contributed by atoms with Gasteiger partial charge in [0.1, 0.15) is 11.5 Å². The van der Waals surface area contributed by atoms with Crippen LogP contribution in [0.15, 0.2) is 46.9 Å². The first kappa shape index (κ1) is 16.1. The molecule has 0 radical (unpaired) electrons. The molecule has 2 rings (SSSR count). The Kier molecular flexibility index (Phi) is 4.74. The Morgan fingerprint density at radius 2 is 1.71 bits per heavy atom. The van der Waals surface area contributed by atoms with Crippen molar-refractivity contribution in [3.8, 4) is 11.5 Å². The summed E-state index contributed by atoms with van der Waals surface area (Å²) in [5.41, 5.74) is 8.25. The van der Waals surface area contributed by atoms with E-state index in [2.05, 4.69) is 42.8 Å². The Bertz CT molecular complexity index is 629. The molecule has 0 heterocycles. The molecular weight excluding hydrogens is 326 g/mol. The van der Waals surface area contributed by atoms with Crippen LogP contribution in [0.25, 0.3) is 0 Å². The van der Waals surface area contributed by atoms with E-state index >= 15 is 0 Å². The van der Waals surface area contributed by atoms with Crippen molar-refractivity contribution in [3.63, 3.8) is 0 Å². The van der Waals surface area contributed by atoms with Crippen LogP contribution in [0, 0.1) is 0 Å². The molecule has 0 amide bonds. The lowest BCUT2D eigenvalue weighted by molar-refractivity contribution is 0.447. The zero-order valence-corrected chi connectivity index (χ0v) is 14.6. The number of hydrogen-bond donors (Lipinski definition) is 1. The third-order valence-electron chi connectivity index (χ3n) is 3.38. The van der Waals surface area contributed by atoms with Gasteiger partial charge in [-0.3, -0.25) is 0 Å². The van der Waals surface area contributed by atoms with Crippen molar-refractivity contribution in [2.24, 2.45) is 5.73 Å². The first-order valence-electron chi connectivity index (χ1n) is 7.11. The van der Waals surface area contributed by atoms with Gasteiger partial charge in [-0.2, -0.15) is 0 Å². The summed E-state index contributed by atoms with van der Waals surface area (Å²) in [5.74, 6) is 1.68. The van der Waals surface area contributed by atoms with Crippen LogP contribution in [0.5, 0.6) is 11.5 Å². The largest absolute Gasteiger partial charge is 0.457 e. The van der Waals surface area contributed by atoms with Gasteiger partial charge in [0.25, 0.3) is 0 Å². The predicted octanol–water partition coefficient (Wildman–Crippen LogP) is 5.56. The maximum Gasteiger partial charge on any atom is 0.133 e. The van der Waals surface area contributed by atoms with E-state index in [0.717, 1.165) is 21.5 Å². The summed E-state index contributed by atoms with van der Waals surface area (Å²) in [6.45, 7) is 8.51. The van der Waals surface area contributed by atoms with Gasteiger partial charge < -0.3 is 10.5 Å². The third kappa shape index (κ3) is 3.86. The smallest absolute Gasteiger partial charge is 0.133 e. The van der Waals surface area contributed by atoms with Gasteiger partial charge in [-0.15, -0.1) is 0 Å². The number of nitrogens with two attached hydrogens (primary N) is 1. The molecule has 0 aliphatic carbocycles. The topological polar surface area (TPSA) is 35.2 Å². The van der Waals surface area contributed by atoms with Crippen LogP contribution in [-0.2, 0) is 5.41 Å². The molecule has 2 N–H and O–H groups in total. The van der Waals surface area contributed by atoms with Crippen LogP contribution in [0.2, 0.25) is 0 Å². The van der Waals surface area contributed by atoms with Crippen LogP contribution in [0.4, 0.5) is 0 Å². The lowest BCUT2D eigenvalue weighted by Crippen LogP contribution is -2.13. The fourth-order valence-corrected chi connectivity index (χ4v) is 2.61. The SMILES string of the molecule is CC(N)c1ccc(Br)cc1Oc1ccccc1C(C)(C)C. The molecule has 0 saturated carbocycles. The van der Waals surface area contributed by atoms with Crippen LogP contribution in [-0.4, -0.2) is 0 Å². The van der Waals surface area contributed by atoms with E-state index in [-0.39, 0.29) is 11.5 Å². The molecule has 2 aromatic rings. The average molecular weight is 348 g/mol. The van der Waals surface area contributed by atoms with E-state index in [1.54, 1.807) is 0 Å². The van der Waals surface area contributed by atoms with Crippen molar-refractivity contribution in [1.82, 2.24) is 0 Å². The number of benzene rings is 2. The van der Waals surface area contributed by atoms with E-state index in [4.69, 9.17) is 10.5 Å². The van der Waals surface area contributed by atoms with Crippen molar-refractivity contribution >= 4 is 15.9 Å². The summed E-state index contributed by atoms with van der Waals surface area (Å²) in [5, 5.41) is 0. The molecule has 0 aliphatic rings. The highest BCUT2D eigenvalue weighted by Crippen LogP contribution is 2.37. The van der Waals surface area contributed by atoms with E-state index in [0.29, 0.717) is 0 Å². The number of ether oxygens (including phenoxy) is 1. The van der Waals surface area contributed by atoms with Crippen LogP contribution in [0.3, 0.4) is 0 Å². The van der Waals surface area contributed by atoms with Gasteiger partial charge in [-0.25, -0.2) is 0 Å². The zero-order valence-electron chi connectivity index (χ0n) is 13.0. The summed E-state index contributed by atoms with van der Waals surface area (Å²) < 4.78 is 7.18. The normalized spacial score (nSPS) is 13.0. The summed E-state index contributed by atoms with van der Waals surface area (Å²) in [7, 11) is 0. The number of rotatable bonds is 3. The van der Waals surface area contributed by atoms with Gasteiger partial charge in [-0.1, -0.05) is 61.0 Å². The van der Waals surface area contributed by atoms with Crippen molar-refractivity contribution in [3.05, 3.63) is 58.1 Å². The molecule has 2 nitrogen and oxygen atoms in total. The van der Waals surface area contributed by atoms with E-state index in [1.807, 2.05) is 43.3 Å². The molecule has 0 fully saturated rings. The minimum absolute atomic E-state index is 0.0249. The minimum Gasteiger partial charge on any atom is -0.457 e. The number of hydrogen-bond acceptors (Lipinski definition) is 2. The summed E-state index contributed by atoms with van der Waals surface area (Å²) >= 11 is 3.50. The van der Waals surface area contributed by atoms with E-state index in [9.17, 15) is 0 Å². The Morgan fingerprint density at radius 1 is 1.05 bits per heavy atom. The Hall–Kier alpha value is -1.32. The third-order valence-corrected chi connectivity index (χ3v) is 3.87. The highest BCUT2D eigenvalue weighted by molar-refractivity contribution is 9.10. The molecule has 0 aromatic heterocycles. The van der Waals surface area contributed by atoms with Gasteiger partial charge >= 0.3 is 0 Å². The molecule has 0 bridgehead atoms. The lowest BCUT2D eigenvalue weighted by Gasteiger charge is -2.23. The van der Waals surface area contributed by atoms with E-state index < -0.39 is 0 Å². The second-order valence-corrected chi connectivity index (χ2v) is 7.23. The summed E-state index contributed by atoms with van der Waals surface area (Å²) in [4.78, 5) is 0. The summed E-state index contributed by atoms with van der Waals surface area (Å²) in [6.07, 6.45) is 0. The average Bonchev–Trinajstić information content (AvgIpc) is 2.37. The molecule has 1 atom stereocenters. The number of halogens is 1. The van der Waals surface area contributed by atoms with Crippen molar-refractivity contribution in [2.75, 3.05) is 0 Å². The van der Waals surface area contributed by atoms with Crippen LogP contribution >= 0.6 is 15.9 Å². The number of para-hydroxylation sites is 1. The fourth-order valence-electron chi connectivity index (χ4n) is 2.27. The van der Waals surface area contributed by atoms with Crippen LogP contribution < -0.4 is 10.5 Å². The Balaban J connectivity index is 2.46. The molecule has 0 aliphatic heterocycles. The highest BCUT2D eigenvalue weighted by atomic mass is 79.9. The van der Waals surface area contributed by atoms with Crippen molar-refractivity contribution in [2.45, 2.75) is 39.2 Å². The lowest BCUT2D eigenvalue weighted by atomic mass is 9.86. The predicted molar refractivity (Wildman–Crippen MR) is 92.0 cm³/mol. The van der Waals surface area contributed by atoms with Gasteiger partial charge in [0.15, 0.2) is 0 Å². The first-order chi connectivity index (χ1) is 9.79. The molecular formula is C18H22BrNO. The molecule has 21 heavy (non-hydrogen) atoms. The molecule has 2 aromatic carbocycles. The molecule has 112 valence electrons. The molecule has 1 unspecified atom stereocenters. The van der Waals surface area contributed by atoms with Gasteiger partial charge in [0.2, 0.25) is 0 Å². The van der Waals surface area contributed by atoms with Crippen LogP contribution in [0.1, 0.15) is 44.9 Å². The highest BCUT2D eigenvalue weighted by Gasteiger charge is 2.20. The molecule has 3 heteroatoms. The molecule has 0 spiro atoms. The van der Waals surface area contributed by atoms with E-state index in [1.165, 1.54) is 5.56 Å². The second-order valence-electron chi connectivity index (χ2n) is 6.32. The quantitative estimate of drug-likeness (QED) is 0.788. The Labute approximate surface area is 135 Å².